The number of hydrogen-bond acceptors (Lipinski definition) is 5. The second-order valence-electron chi connectivity index (χ2n) is 8.76. The number of rotatable bonds is 8. The lowest BCUT2D eigenvalue weighted by Gasteiger charge is -2.13. The Labute approximate surface area is 186 Å². The van der Waals surface area contributed by atoms with Crippen LogP contribution in [-0.4, -0.2) is 26.5 Å². The lowest BCUT2D eigenvalue weighted by atomic mass is 10.2. The van der Waals surface area contributed by atoms with E-state index in [1.54, 1.807) is 10.8 Å². The number of aryl methyl sites for hydroxylation is 1. The maximum Gasteiger partial charge on any atom is 0.261 e. The summed E-state index contributed by atoms with van der Waals surface area (Å²) in [5.74, 6) is 1.27. The van der Waals surface area contributed by atoms with Gasteiger partial charge in [-0.25, -0.2) is 9.97 Å². The molecular formula is C25H28N4O3. The van der Waals surface area contributed by atoms with Gasteiger partial charge in [0.15, 0.2) is 0 Å². The smallest absolute Gasteiger partial charge is 0.261 e. The van der Waals surface area contributed by atoms with Gasteiger partial charge in [0.1, 0.15) is 11.9 Å². The highest BCUT2D eigenvalue weighted by molar-refractivity contribution is 5.78. The average molecular weight is 433 g/mol. The molecule has 1 N–H and O–H groups in total. The number of benzene rings is 1. The lowest BCUT2D eigenvalue weighted by molar-refractivity contribution is -0.121. The highest BCUT2D eigenvalue weighted by atomic mass is 16.5. The number of ether oxygens (including phenoxy) is 1. The van der Waals surface area contributed by atoms with Crippen molar-refractivity contribution in [3.8, 4) is 5.88 Å². The van der Waals surface area contributed by atoms with E-state index in [1.165, 1.54) is 12.8 Å². The Hall–Kier alpha value is -3.22. The van der Waals surface area contributed by atoms with Crippen molar-refractivity contribution in [2.24, 2.45) is 0 Å². The fraction of sp³-hybridized carbons (Fsp3) is 0.440. The maximum atomic E-state index is 12.9. The second-order valence-corrected chi connectivity index (χ2v) is 8.76. The van der Waals surface area contributed by atoms with Crippen molar-refractivity contribution in [1.82, 2.24) is 19.9 Å². The van der Waals surface area contributed by atoms with Gasteiger partial charge in [-0.3, -0.25) is 14.2 Å². The van der Waals surface area contributed by atoms with Gasteiger partial charge in [0, 0.05) is 37.7 Å². The number of pyridine rings is 1. The number of fused-ring (bicyclic) bond motifs is 1. The standard InChI is InChI=1S/C25H28N4O3/c30-23(26-15-17-9-14-24(27-16-17)32-19-5-1-2-6-19)13-12-22-28-21-8-4-3-7-20(21)25(31)29(22)18-10-11-18/h3-4,7-9,14,16,18-19H,1-2,5-6,10-13,15H2,(H,26,30). The molecule has 0 spiro atoms. The number of aromatic nitrogens is 3. The Balaban J connectivity index is 1.18. The molecule has 5 rings (SSSR count). The molecule has 0 radical (unpaired) electrons. The highest BCUT2D eigenvalue weighted by Gasteiger charge is 2.28. The van der Waals surface area contributed by atoms with Crippen LogP contribution < -0.4 is 15.6 Å². The number of para-hydroxylation sites is 1. The van der Waals surface area contributed by atoms with E-state index in [2.05, 4.69) is 10.3 Å². The summed E-state index contributed by atoms with van der Waals surface area (Å²) in [6.45, 7) is 0.413. The van der Waals surface area contributed by atoms with Crippen LogP contribution in [0.2, 0.25) is 0 Å². The van der Waals surface area contributed by atoms with Crippen LogP contribution in [0.4, 0.5) is 0 Å². The van der Waals surface area contributed by atoms with Gasteiger partial charge in [0.25, 0.3) is 5.56 Å². The zero-order chi connectivity index (χ0) is 21.9. The largest absolute Gasteiger partial charge is 0.474 e. The predicted molar refractivity (Wildman–Crippen MR) is 122 cm³/mol. The summed E-state index contributed by atoms with van der Waals surface area (Å²) in [5, 5.41) is 3.58. The van der Waals surface area contributed by atoms with E-state index in [1.807, 2.05) is 36.4 Å². The fourth-order valence-electron chi connectivity index (χ4n) is 4.35. The van der Waals surface area contributed by atoms with E-state index < -0.39 is 0 Å². The van der Waals surface area contributed by atoms with Crippen LogP contribution in [-0.2, 0) is 17.8 Å². The van der Waals surface area contributed by atoms with Crippen molar-refractivity contribution >= 4 is 16.8 Å². The highest BCUT2D eigenvalue weighted by Crippen LogP contribution is 2.34. The molecule has 0 atom stereocenters. The summed E-state index contributed by atoms with van der Waals surface area (Å²) in [4.78, 5) is 34.5. The molecule has 2 fully saturated rings. The zero-order valence-electron chi connectivity index (χ0n) is 18.1. The van der Waals surface area contributed by atoms with Crippen LogP contribution in [0.1, 0.15) is 62.4 Å². The molecule has 3 aromatic rings. The molecule has 0 saturated heterocycles. The summed E-state index contributed by atoms with van der Waals surface area (Å²) in [5.41, 5.74) is 1.62. The third kappa shape index (κ3) is 4.66. The Morgan fingerprint density at radius 1 is 1.09 bits per heavy atom. The SMILES string of the molecule is O=C(CCc1nc2ccccc2c(=O)n1C1CC1)NCc1ccc(OC2CCCC2)nc1. The Kier molecular flexibility index (Phi) is 5.88. The van der Waals surface area contributed by atoms with Crippen LogP contribution in [0.5, 0.6) is 5.88 Å². The van der Waals surface area contributed by atoms with Gasteiger partial charge < -0.3 is 10.1 Å². The first kappa shape index (κ1) is 20.7. The number of carbonyl (C=O) groups is 1. The van der Waals surface area contributed by atoms with E-state index in [9.17, 15) is 9.59 Å². The van der Waals surface area contributed by atoms with Gasteiger partial charge in [-0.2, -0.15) is 0 Å². The minimum atomic E-state index is -0.0685. The predicted octanol–water partition coefficient (Wildman–Crippen LogP) is 3.70. The molecule has 32 heavy (non-hydrogen) atoms. The molecule has 1 aromatic carbocycles. The lowest BCUT2D eigenvalue weighted by Crippen LogP contribution is -2.27. The second kappa shape index (κ2) is 9.10. The molecule has 0 aliphatic heterocycles. The number of carbonyl (C=O) groups excluding carboxylic acids is 1. The topological polar surface area (TPSA) is 86.1 Å². The molecule has 7 heteroatoms. The van der Waals surface area contributed by atoms with E-state index in [4.69, 9.17) is 9.72 Å². The molecule has 0 bridgehead atoms. The van der Waals surface area contributed by atoms with E-state index in [0.717, 1.165) is 31.2 Å². The summed E-state index contributed by atoms with van der Waals surface area (Å²) in [7, 11) is 0. The van der Waals surface area contributed by atoms with Crippen molar-refractivity contribution in [3.05, 3.63) is 64.3 Å². The number of amides is 1. The summed E-state index contributed by atoms with van der Waals surface area (Å²) >= 11 is 0. The average Bonchev–Trinajstić information content (AvgIpc) is 3.52. The van der Waals surface area contributed by atoms with Gasteiger partial charge in [-0.05, 0) is 56.2 Å². The third-order valence-electron chi connectivity index (χ3n) is 6.25. The summed E-state index contributed by atoms with van der Waals surface area (Å²) < 4.78 is 7.68. The molecule has 1 amide bonds. The van der Waals surface area contributed by atoms with Gasteiger partial charge in [0.05, 0.1) is 10.9 Å². The summed E-state index contributed by atoms with van der Waals surface area (Å²) in [6, 6.07) is 11.4. The molecule has 2 aromatic heterocycles. The summed E-state index contributed by atoms with van der Waals surface area (Å²) in [6.07, 6.45) is 9.38. The molecule has 7 nitrogen and oxygen atoms in total. The van der Waals surface area contributed by atoms with Crippen molar-refractivity contribution in [2.45, 2.75) is 70.1 Å². The monoisotopic (exact) mass is 432 g/mol. The molecular weight excluding hydrogens is 404 g/mol. The van der Waals surface area contributed by atoms with Crippen LogP contribution in [0.3, 0.4) is 0 Å². The van der Waals surface area contributed by atoms with Crippen molar-refractivity contribution in [3.63, 3.8) is 0 Å². The van der Waals surface area contributed by atoms with Crippen LogP contribution in [0.25, 0.3) is 10.9 Å². The first-order valence-electron chi connectivity index (χ1n) is 11.6. The van der Waals surface area contributed by atoms with E-state index >= 15 is 0 Å². The fourth-order valence-corrected chi connectivity index (χ4v) is 4.35. The minimum Gasteiger partial charge on any atom is -0.474 e. The van der Waals surface area contributed by atoms with Gasteiger partial charge in [-0.15, -0.1) is 0 Å². The van der Waals surface area contributed by atoms with Crippen molar-refractivity contribution in [1.29, 1.82) is 0 Å². The third-order valence-corrected chi connectivity index (χ3v) is 6.25. The number of nitrogens with one attached hydrogen (secondary N) is 1. The van der Waals surface area contributed by atoms with Crippen LogP contribution in [0, 0.1) is 0 Å². The first-order chi connectivity index (χ1) is 15.7. The van der Waals surface area contributed by atoms with Gasteiger partial charge in [-0.1, -0.05) is 18.2 Å². The Morgan fingerprint density at radius 3 is 2.66 bits per heavy atom. The molecule has 2 aliphatic carbocycles. The van der Waals surface area contributed by atoms with Gasteiger partial charge >= 0.3 is 0 Å². The molecule has 2 heterocycles. The quantitative estimate of drug-likeness (QED) is 0.587. The molecule has 2 aliphatic rings. The minimum absolute atomic E-state index is 0.000467. The number of nitrogens with zero attached hydrogens (tertiary/aromatic N) is 3. The normalized spacial score (nSPS) is 16.4. The Morgan fingerprint density at radius 2 is 1.91 bits per heavy atom. The maximum absolute atomic E-state index is 12.9. The van der Waals surface area contributed by atoms with Crippen LogP contribution in [0.15, 0.2) is 47.4 Å². The molecule has 166 valence electrons. The molecule has 0 unspecified atom stereocenters. The first-order valence-corrected chi connectivity index (χ1v) is 11.6. The number of hydrogen-bond donors (Lipinski definition) is 1. The Bertz CT molecular complexity index is 1160. The van der Waals surface area contributed by atoms with Crippen molar-refractivity contribution in [2.75, 3.05) is 0 Å². The zero-order valence-corrected chi connectivity index (χ0v) is 18.1. The van der Waals surface area contributed by atoms with E-state index in [-0.39, 0.29) is 30.0 Å². The molecule has 2 saturated carbocycles. The van der Waals surface area contributed by atoms with Gasteiger partial charge in [0.2, 0.25) is 11.8 Å². The van der Waals surface area contributed by atoms with E-state index in [0.29, 0.717) is 35.6 Å². The van der Waals surface area contributed by atoms with Crippen molar-refractivity contribution < 1.29 is 9.53 Å². The van der Waals surface area contributed by atoms with Crippen LogP contribution >= 0.6 is 0 Å².